The zero-order valence-corrected chi connectivity index (χ0v) is 9.78. The molecule has 1 rings (SSSR count). The average molecular weight is 226 g/mol. The van der Waals surface area contributed by atoms with E-state index in [4.69, 9.17) is 10.5 Å². The molecule has 1 aliphatic carbocycles. The van der Waals surface area contributed by atoms with E-state index in [1.807, 2.05) is 0 Å². The molecular weight excluding hydrogens is 204 g/mol. The number of allylic oxidation sites excluding steroid dienone is 2. The minimum Gasteiger partial charge on any atom is -0.368 e. The molecule has 3 N–H and O–H groups in total. The van der Waals surface area contributed by atoms with Gasteiger partial charge < -0.3 is 15.8 Å². The number of rotatable bonds is 5. The van der Waals surface area contributed by atoms with Crippen LogP contribution in [0.25, 0.3) is 0 Å². The molecule has 92 valence electrons. The Labute approximate surface area is 97.2 Å². The molecule has 0 radical (unpaired) electrons. The molecule has 0 spiro atoms. The summed E-state index contributed by atoms with van der Waals surface area (Å²) in [7, 11) is 0. The average Bonchev–Trinajstić information content (AvgIpc) is 2.25. The van der Waals surface area contributed by atoms with Crippen molar-refractivity contribution < 1.29 is 9.53 Å². The summed E-state index contributed by atoms with van der Waals surface area (Å²) in [6, 6.07) is 0. The zero-order valence-electron chi connectivity index (χ0n) is 9.78. The summed E-state index contributed by atoms with van der Waals surface area (Å²) < 4.78 is 5.59. The number of hydrogen-bond acceptors (Lipinski definition) is 3. The van der Waals surface area contributed by atoms with Crippen LogP contribution in [0.3, 0.4) is 0 Å². The topological polar surface area (TPSA) is 64.3 Å². The summed E-state index contributed by atoms with van der Waals surface area (Å²) >= 11 is 0. The van der Waals surface area contributed by atoms with Gasteiger partial charge in [-0.15, -0.1) is 0 Å². The standard InChI is InChI=1S/C12H22N2O2/c13-8-9-14-12(15)10-16-11-6-4-2-1-3-5-7-11/h1-2,11H,3-10,13H2,(H,14,15). The summed E-state index contributed by atoms with van der Waals surface area (Å²) in [6.45, 7) is 1.16. The van der Waals surface area contributed by atoms with Crippen LogP contribution in [0, 0.1) is 0 Å². The maximum Gasteiger partial charge on any atom is 0.246 e. The Balaban J connectivity index is 2.15. The Morgan fingerprint density at radius 1 is 1.38 bits per heavy atom. The molecule has 0 saturated carbocycles. The summed E-state index contributed by atoms with van der Waals surface area (Å²) in [5.74, 6) is -0.0666. The molecule has 4 nitrogen and oxygen atoms in total. The van der Waals surface area contributed by atoms with Crippen LogP contribution in [0.1, 0.15) is 32.1 Å². The molecule has 1 aliphatic rings. The third-order valence-corrected chi connectivity index (χ3v) is 2.64. The number of nitrogens with two attached hydrogens (primary N) is 1. The van der Waals surface area contributed by atoms with E-state index in [-0.39, 0.29) is 18.6 Å². The van der Waals surface area contributed by atoms with Crippen molar-refractivity contribution in [3.8, 4) is 0 Å². The van der Waals surface area contributed by atoms with Crippen LogP contribution < -0.4 is 11.1 Å². The van der Waals surface area contributed by atoms with Gasteiger partial charge in [0, 0.05) is 13.1 Å². The highest BCUT2D eigenvalue weighted by Gasteiger charge is 2.11. The Morgan fingerprint density at radius 3 is 3.00 bits per heavy atom. The number of amides is 1. The van der Waals surface area contributed by atoms with E-state index in [2.05, 4.69) is 17.5 Å². The summed E-state index contributed by atoms with van der Waals surface area (Å²) in [5.41, 5.74) is 5.29. The molecule has 1 unspecified atom stereocenters. The van der Waals surface area contributed by atoms with Crippen molar-refractivity contribution in [3.05, 3.63) is 12.2 Å². The molecule has 0 aromatic carbocycles. The van der Waals surface area contributed by atoms with E-state index < -0.39 is 0 Å². The van der Waals surface area contributed by atoms with E-state index in [0.29, 0.717) is 13.1 Å². The number of ether oxygens (including phenoxy) is 1. The molecule has 1 amide bonds. The second-order valence-electron chi connectivity index (χ2n) is 4.05. The van der Waals surface area contributed by atoms with Crippen molar-refractivity contribution in [1.82, 2.24) is 5.32 Å². The van der Waals surface area contributed by atoms with E-state index in [9.17, 15) is 4.79 Å². The predicted octanol–water partition coefficient (Wildman–Crippen LogP) is 0.967. The summed E-state index contributed by atoms with van der Waals surface area (Å²) in [4.78, 5) is 11.3. The van der Waals surface area contributed by atoms with Crippen molar-refractivity contribution >= 4 is 5.91 Å². The van der Waals surface area contributed by atoms with Crippen LogP contribution in [-0.2, 0) is 9.53 Å². The van der Waals surface area contributed by atoms with Crippen molar-refractivity contribution in [2.45, 2.75) is 38.2 Å². The largest absolute Gasteiger partial charge is 0.368 e. The normalized spacial score (nSPS) is 21.2. The molecule has 0 heterocycles. The van der Waals surface area contributed by atoms with Gasteiger partial charge in [0.2, 0.25) is 5.91 Å². The lowest BCUT2D eigenvalue weighted by molar-refractivity contribution is -0.127. The fraction of sp³-hybridized carbons (Fsp3) is 0.750. The van der Waals surface area contributed by atoms with Crippen molar-refractivity contribution in [2.75, 3.05) is 19.7 Å². The number of nitrogens with one attached hydrogen (secondary N) is 1. The van der Waals surface area contributed by atoms with E-state index in [1.54, 1.807) is 0 Å². The Bertz CT molecular complexity index is 229. The van der Waals surface area contributed by atoms with Crippen LogP contribution in [0.5, 0.6) is 0 Å². The molecule has 16 heavy (non-hydrogen) atoms. The lowest BCUT2D eigenvalue weighted by atomic mass is 10.0. The lowest BCUT2D eigenvalue weighted by Crippen LogP contribution is -2.33. The minimum atomic E-state index is -0.0666. The fourth-order valence-corrected chi connectivity index (χ4v) is 1.75. The van der Waals surface area contributed by atoms with Crippen LogP contribution in [0.2, 0.25) is 0 Å². The first-order valence-electron chi connectivity index (χ1n) is 6.06. The third kappa shape index (κ3) is 5.88. The fourth-order valence-electron chi connectivity index (χ4n) is 1.75. The van der Waals surface area contributed by atoms with Crippen molar-refractivity contribution in [2.24, 2.45) is 5.73 Å². The highest BCUT2D eigenvalue weighted by atomic mass is 16.5. The number of carbonyl (C=O) groups excluding carboxylic acids is 1. The number of hydrogen-bond donors (Lipinski definition) is 2. The maximum atomic E-state index is 11.3. The molecule has 0 saturated heterocycles. The highest BCUT2D eigenvalue weighted by Crippen LogP contribution is 2.15. The molecule has 1 atom stereocenters. The maximum absolute atomic E-state index is 11.3. The molecule has 0 aromatic heterocycles. The molecule has 0 fully saturated rings. The van der Waals surface area contributed by atoms with Gasteiger partial charge in [0.25, 0.3) is 0 Å². The second-order valence-corrected chi connectivity index (χ2v) is 4.05. The van der Waals surface area contributed by atoms with Gasteiger partial charge in [-0.25, -0.2) is 0 Å². The third-order valence-electron chi connectivity index (χ3n) is 2.64. The van der Waals surface area contributed by atoms with Crippen LogP contribution in [0.4, 0.5) is 0 Å². The minimum absolute atomic E-state index is 0.0666. The molecule has 0 bridgehead atoms. The molecule has 4 heteroatoms. The van der Waals surface area contributed by atoms with Crippen LogP contribution >= 0.6 is 0 Å². The highest BCUT2D eigenvalue weighted by molar-refractivity contribution is 5.77. The van der Waals surface area contributed by atoms with Crippen LogP contribution in [-0.4, -0.2) is 31.7 Å². The van der Waals surface area contributed by atoms with Gasteiger partial charge in [-0.05, 0) is 32.1 Å². The smallest absolute Gasteiger partial charge is 0.246 e. The van der Waals surface area contributed by atoms with Gasteiger partial charge in [-0.2, -0.15) is 0 Å². The first kappa shape index (κ1) is 13.2. The lowest BCUT2D eigenvalue weighted by Gasteiger charge is -2.18. The molecular formula is C12H22N2O2. The Morgan fingerprint density at radius 2 is 2.19 bits per heavy atom. The summed E-state index contributed by atoms with van der Waals surface area (Å²) in [5, 5.41) is 2.70. The second kappa shape index (κ2) is 8.30. The first-order chi connectivity index (χ1) is 7.83. The zero-order chi connectivity index (χ0) is 11.6. The predicted molar refractivity (Wildman–Crippen MR) is 64.0 cm³/mol. The van der Waals surface area contributed by atoms with Gasteiger partial charge in [0.15, 0.2) is 0 Å². The molecule has 0 aliphatic heterocycles. The first-order valence-corrected chi connectivity index (χ1v) is 6.06. The number of carbonyl (C=O) groups is 1. The van der Waals surface area contributed by atoms with Crippen molar-refractivity contribution in [1.29, 1.82) is 0 Å². The quantitative estimate of drug-likeness (QED) is 0.686. The van der Waals surface area contributed by atoms with Gasteiger partial charge >= 0.3 is 0 Å². The van der Waals surface area contributed by atoms with E-state index in [1.165, 1.54) is 0 Å². The Kier molecular flexibility index (Phi) is 6.85. The van der Waals surface area contributed by atoms with Crippen LogP contribution in [0.15, 0.2) is 12.2 Å². The monoisotopic (exact) mass is 226 g/mol. The van der Waals surface area contributed by atoms with E-state index >= 15 is 0 Å². The van der Waals surface area contributed by atoms with Crippen molar-refractivity contribution in [3.63, 3.8) is 0 Å². The van der Waals surface area contributed by atoms with E-state index in [0.717, 1.165) is 32.1 Å². The Hall–Kier alpha value is -0.870. The van der Waals surface area contributed by atoms with Gasteiger partial charge in [0.05, 0.1) is 6.10 Å². The molecule has 0 aromatic rings. The van der Waals surface area contributed by atoms with Gasteiger partial charge in [0.1, 0.15) is 6.61 Å². The summed E-state index contributed by atoms with van der Waals surface area (Å²) in [6.07, 6.45) is 10.0. The van der Waals surface area contributed by atoms with Gasteiger partial charge in [-0.1, -0.05) is 12.2 Å². The SMILES string of the molecule is NCCNC(=O)COC1CCC=CCCC1. The van der Waals surface area contributed by atoms with Gasteiger partial charge in [-0.3, -0.25) is 4.79 Å².